The molecule has 0 aliphatic rings. The van der Waals surface area contributed by atoms with Crippen LogP contribution < -0.4 is 9.47 Å². The minimum Gasteiger partial charge on any atom is -0.497 e. The monoisotopic (exact) mass is 239 g/mol. The van der Waals surface area contributed by atoms with Crippen molar-refractivity contribution < 1.29 is 9.47 Å². The van der Waals surface area contributed by atoms with Gasteiger partial charge < -0.3 is 9.47 Å². The van der Waals surface area contributed by atoms with Gasteiger partial charge in [-0.1, -0.05) is 5.92 Å². The molecule has 0 saturated heterocycles. The van der Waals surface area contributed by atoms with E-state index in [0.29, 0.717) is 0 Å². The van der Waals surface area contributed by atoms with Crippen LogP contribution in [0.4, 0.5) is 0 Å². The second-order valence-corrected chi connectivity index (χ2v) is 3.64. The maximum atomic E-state index is 5.34. The second-order valence-electron chi connectivity index (χ2n) is 3.64. The van der Waals surface area contributed by atoms with E-state index in [1.54, 1.807) is 20.4 Å². The summed E-state index contributed by atoms with van der Waals surface area (Å²) in [4.78, 5) is 4.32. The molecule has 1 aromatic carbocycles. The van der Waals surface area contributed by atoms with Crippen LogP contribution in [0.1, 0.15) is 5.56 Å². The van der Waals surface area contributed by atoms with Gasteiger partial charge in [0.05, 0.1) is 19.9 Å². The molecule has 3 nitrogen and oxygen atoms in total. The Balaban J connectivity index is 2.46. The van der Waals surface area contributed by atoms with Gasteiger partial charge in [-0.05, 0) is 24.3 Å². The highest BCUT2D eigenvalue weighted by atomic mass is 16.5. The summed E-state index contributed by atoms with van der Waals surface area (Å²) >= 11 is 0. The fraction of sp³-hybridized carbons (Fsp3) is 0.133. The van der Waals surface area contributed by atoms with E-state index in [2.05, 4.69) is 10.9 Å². The Bertz CT molecular complexity index is 582. The van der Waals surface area contributed by atoms with Crippen molar-refractivity contribution >= 4 is 0 Å². The van der Waals surface area contributed by atoms with E-state index in [1.165, 1.54) is 0 Å². The minimum absolute atomic E-state index is 0.718. The predicted octanol–water partition coefficient (Wildman–Crippen LogP) is 2.75. The summed E-state index contributed by atoms with van der Waals surface area (Å²) in [5.41, 5.74) is 2.47. The first-order valence-electron chi connectivity index (χ1n) is 5.43. The van der Waals surface area contributed by atoms with Gasteiger partial charge in [-0.15, -0.1) is 6.42 Å². The lowest BCUT2D eigenvalue weighted by Gasteiger charge is -2.09. The molecule has 18 heavy (non-hydrogen) atoms. The number of hydrogen-bond donors (Lipinski definition) is 0. The van der Waals surface area contributed by atoms with Gasteiger partial charge in [0.25, 0.3) is 0 Å². The number of terminal acetylenes is 1. The third-order valence-electron chi connectivity index (χ3n) is 2.61. The van der Waals surface area contributed by atoms with Gasteiger partial charge >= 0.3 is 0 Å². The fourth-order valence-electron chi connectivity index (χ4n) is 1.65. The summed E-state index contributed by atoms with van der Waals surface area (Å²) in [5, 5.41) is 0. The Morgan fingerprint density at radius 1 is 1.11 bits per heavy atom. The van der Waals surface area contributed by atoms with Crippen LogP contribution in [0.2, 0.25) is 0 Å². The van der Waals surface area contributed by atoms with Crippen molar-refractivity contribution in [1.82, 2.24) is 4.98 Å². The van der Waals surface area contributed by atoms with Gasteiger partial charge in [0.2, 0.25) is 0 Å². The molecule has 0 bridgehead atoms. The summed E-state index contributed by atoms with van der Waals surface area (Å²) < 4.78 is 10.5. The molecule has 1 heterocycles. The number of benzene rings is 1. The predicted molar refractivity (Wildman–Crippen MR) is 70.7 cm³/mol. The molecular weight excluding hydrogens is 226 g/mol. The third kappa shape index (κ3) is 2.28. The van der Waals surface area contributed by atoms with Crippen molar-refractivity contribution in [2.45, 2.75) is 0 Å². The molecule has 0 aliphatic carbocycles. The Hall–Kier alpha value is -2.47. The highest BCUT2D eigenvalue weighted by Gasteiger charge is 2.08. The van der Waals surface area contributed by atoms with Crippen molar-refractivity contribution in [3.63, 3.8) is 0 Å². The van der Waals surface area contributed by atoms with E-state index in [0.717, 1.165) is 28.3 Å². The first-order valence-corrected chi connectivity index (χ1v) is 5.43. The Kier molecular flexibility index (Phi) is 3.49. The molecule has 0 radical (unpaired) electrons. The van der Waals surface area contributed by atoms with E-state index >= 15 is 0 Å². The van der Waals surface area contributed by atoms with Crippen LogP contribution in [0.5, 0.6) is 11.5 Å². The van der Waals surface area contributed by atoms with E-state index in [9.17, 15) is 0 Å². The maximum absolute atomic E-state index is 5.34. The Morgan fingerprint density at radius 2 is 1.94 bits per heavy atom. The molecule has 0 aliphatic heterocycles. The molecule has 0 fully saturated rings. The van der Waals surface area contributed by atoms with Crippen LogP contribution in [-0.2, 0) is 0 Å². The summed E-state index contributed by atoms with van der Waals surface area (Å²) in [5.74, 6) is 4.00. The summed E-state index contributed by atoms with van der Waals surface area (Å²) in [6, 6.07) is 9.34. The topological polar surface area (TPSA) is 31.4 Å². The second kappa shape index (κ2) is 5.24. The van der Waals surface area contributed by atoms with E-state index in [1.807, 2.05) is 30.3 Å². The van der Waals surface area contributed by atoms with Crippen LogP contribution in [-0.4, -0.2) is 19.2 Å². The van der Waals surface area contributed by atoms with Gasteiger partial charge in [0.1, 0.15) is 11.5 Å². The molecule has 90 valence electrons. The highest BCUT2D eigenvalue weighted by molar-refractivity contribution is 5.68. The molecule has 0 amide bonds. The molecule has 0 atom stereocenters. The Labute approximate surface area is 106 Å². The standard InChI is InChI=1S/C15H13NO2/c1-4-11-5-8-14(16-10-11)13-7-6-12(17-2)9-15(13)18-3/h1,5-10H,2-3H3. The molecular formula is C15H13NO2. The zero-order valence-corrected chi connectivity index (χ0v) is 10.3. The van der Waals surface area contributed by atoms with Crippen molar-refractivity contribution in [1.29, 1.82) is 0 Å². The Morgan fingerprint density at radius 3 is 2.50 bits per heavy atom. The largest absolute Gasteiger partial charge is 0.497 e. The van der Waals surface area contributed by atoms with Crippen molar-refractivity contribution in [3.8, 4) is 35.1 Å². The van der Waals surface area contributed by atoms with Crippen LogP contribution in [0, 0.1) is 12.3 Å². The number of nitrogens with zero attached hydrogens (tertiary/aromatic N) is 1. The van der Waals surface area contributed by atoms with E-state index in [-0.39, 0.29) is 0 Å². The first kappa shape index (κ1) is 12.0. The maximum Gasteiger partial charge on any atom is 0.131 e. The molecule has 0 N–H and O–H groups in total. The average molecular weight is 239 g/mol. The van der Waals surface area contributed by atoms with Crippen LogP contribution in [0.25, 0.3) is 11.3 Å². The van der Waals surface area contributed by atoms with Crippen LogP contribution >= 0.6 is 0 Å². The normalized spacial score (nSPS) is 9.61. The van der Waals surface area contributed by atoms with Gasteiger partial charge in [-0.2, -0.15) is 0 Å². The summed E-state index contributed by atoms with van der Waals surface area (Å²) in [6.07, 6.45) is 6.97. The summed E-state index contributed by atoms with van der Waals surface area (Å²) in [7, 11) is 3.24. The van der Waals surface area contributed by atoms with Gasteiger partial charge in [0.15, 0.2) is 0 Å². The van der Waals surface area contributed by atoms with Crippen LogP contribution in [0.3, 0.4) is 0 Å². The molecule has 0 unspecified atom stereocenters. The number of ether oxygens (including phenoxy) is 2. The van der Waals surface area contributed by atoms with Gasteiger partial charge in [-0.25, -0.2) is 0 Å². The fourth-order valence-corrected chi connectivity index (χ4v) is 1.65. The zero-order valence-electron chi connectivity index (χ0n) is 10.3. The van der Waals surface area contributed by atoms with E-state index in [4.69, 9.17) is 15.9 Å². The zero-order chi connectivity index (χ0) is 13.0. The molecule has 2 rings (SSSR count). The average Bonchev–Trinajstić information content (AvgIpc) is 2.46. The molecule has 3 heteroatoms. The highest BCUT2D eigenvalue weighted by Crippen LogP contribution is 2.31. The minimum atomic E-state index is 0.718. The van der Waals surface area contributed by atoms with Crippen LogP contribution in [0.15, 0.2) is 36.5 Å². The number of aromatic nitrogens is 1. The molecule has 1 aromatic heterocycles. The van der Waals surface area contributed by atoms with Crippen molar-refractivity contribution in [2.24, 2.45) is 0 Å². The number of rotatable bonds is 3. The number of methoxy groups -OCH3 is 2. The molecule has 0 spiro atoms. The SMILES string of the molecule is C#Cc1ccc(-c2ccc(OC)cc2OC)nc1. The lowest BCUT2D eigenvalue weighted by Crippen LogP contribution is -1.92. The van der Waals surface area contributed by atoms with Crippen molar-refractivity contribution in [3.05, 3.63) is 42.1 Å². The third-order valence-corrected chi connectivity index (χ3v) is 2.61. The first-order chi connectivity index (χ1) is 8.78. The summed E-state index contributed by atoms with van der Waals surface area (Å²) in [6.45, 7) is 0. The lowest BCUT2D eigenvalue weighted by molar-refractivity contribution is 0.395. The quantitative estimate of drug-likeness (QED) is 0.772. The lowest BCUT2D eigenvalue weighted by atomic mass is 10.1. The van der Waals surface area contributed by atoms with Gasteiger partial charge in [0, 0.05) is 23.4 Å². The van der Waals surface area contributed by atoms with E-state index < -0.39 is 0 Å². The number of pyridine rings is 1. The smallest absolute Gasteiger partial charge is 0.131 e. The number of hydrogen-bond acceptors (Lipinski definition) is 3. The van der Waals surface area contributed by atoms with Gasteiger partial charge in [-0.3, -0.25) is 4.98 Å². The molecule has 0 saturated carbocycles. The van der Waals surface area contributed by atoms with Crippen molar-refractivity contribution in [2.75, 3.05) is 14.2 Å². The molecule has 2 aromatic rings.